The molecule has 1 aromatic rings. The smallest absolute Gasteiger partial charge is 0.129 e. The average Bonchev–Trinajstić information content (AvgIpc) is 2.44. The molecule has 0 radical (unpaired) electrons. The molecule has 0 aliphatic carbocycles. The van der Waals surface area contributed by atoms with Crippen LogP contribution in [-0.4, -0.2) is 12.1 Å². The van der Waals surface area contributed by atoms with E-state index in [-0.39, 0.29) is 5.54 Å². The van der Waals surface area contributed by atoms with Crippen LogP contribution in [0.3, 0.4) is 0 Å². The van der Waals surface area contributed by atoms with Crippen molar-refractivity contribution >= 4 is 6.08 Å². The molecule has 1 aromatic heterocycles. The second-order valence-electron chi connectivity index (χ2n) is 4.50. The highest BCUT2D eigenvalue weighted by Crippen LogP contribution is 2.10. The molecule has 2 heteroatoms. The summed E-state index contributed by atoms with van der Waals surface area (Å²) in [6, 6.07) is 1.97. The van der Waals surface area contributed by atoms with Gasteiger partial charge < -0.3 is 9.73 Å². The molecule has 0 aliphatic heterocycles. The van der Waals surface area contributed by atoms with Crippen molar-refractivity contribution in [2.45, 2.75) is 33.2 Å². The Balaban J connectivity index is 2.39. The fraction of sp³-hybridized carbons (Fsp3) is 0.500. The van der Waals surface area contributed by atoms with Gasteiger partial charge in [0.05, 0.1) is 6.26 Å². The predicted molar refractivity (Wildman–Crippen MR) is 60.2 cm³/mol. The van der Waals surface area contributed by atoms with Gasteiger partial charge in [-0.15, -0.1) is 0 Å². The van der Waals surface area contributed by atoms with Crippen molar-refractivity contribution in [1.82, 2.24) is 5.32 Å². The Labute approximate surface area is 86.0 Å². The molecule has 78 valence electrons. The Morgan fingerprint density at radius 3 is 2.64 bits per heavy atom. The van der Waals surface area contributed by atoms with Gasteiger partial charge >= 0.3 is 0 Å². The van der Waals surface area contributed by atoms with E-state index in [0.29, 0.717) is 0 Å². The minimum Gasteiger partial charge on any atom is -0.465 e. The lowest BCUT2D eigenvalue weighted by atomic mass is 10.1. The molecule has 0 spiro atoms. The standard InChI is InChI=1S/C12H19NO/c1-10-7-9-14-11(10)6-5-8-13-12(2,3)4/h5-7,9,13H,8H2,1-4H3/b6-5+. The van der Waals surface area contributed by atoms with E-state index in [2.05, 4.69) is 32.2 Å². The summed E-state index contributed by atoms with van der Waals surface area (Å²) < 4.78 is 5.28. The Hall–Kier alpha value is -1.02. The number of rotatable bonds is 3. The molecule has 1 rings (SSSR count). The lowest BCUT2D eigenvalue weighted by Crippen LogP contribution is -2.35. The SMILES string of the molecule is Cc1ccoc1/C=C/CNC(C)(C)C. The summed E-state index contributed by atoms with van der Waals surface area (Å²) in [6.07, 6.45) is 5.80. The average molecular weight is 193 g/mol. The van der Waals surface area contributed by atoms with Gasteiger partial charge in [0, 0.05) is 12.1 Å². The van der Waals surface area contributed by atoms with Crippen molar-refractivity contribution in [2.75, 3.05) is 6.54 Å². The van der Waals surface area contributed by atoms with Gasteiger partial charge in [-0.1, -0.05) is 6.08 Å². The monoisotopic (exact) mass is 193 g/mol. The molecule has 0 saturated heterocycles. The molecule has 1 N–H and O–H groups in total. The summed E-state index contributed by atoms with van der Waals surface area (Å²) in [7, 11) is 0. The predicted octanol–water partition coefficient (Wildman–Crippen LogP) is 2.99. The molecular weight excluding hydrogens is 174 g/mol. The molecule has 0 unspecified atom stereocenters. The van der Waals surface area contributed by atoms with Crippen molar-refractivity contribution in [2.24, 2.45) is 0 Å². The molecule has 0 aliphatic rings. The highest BCUT2D eigenvalue weighted by Gasteiger charge is 2.05. The van der Waals surface area contributed by atoms with Crippen LogP contribution in [0.25, 0.3) is 6.08 Å². The summed E-state index contributed by atoms with van der Waals surface area (Å²) in [5.74, 6) is 0.945. The first kappa shape index (κ1) is 11.1. The molecular formula is C12H19NO. The largest absolute Gasteiger partial charge is 0.465 e. The first-order valence-corrected chi connectivity index (χ1v) is 4.95. The maximum atomic E-state index is 5.28. The van der Waals surface area contributed by atoms with E-state index in [9.17, 15) is 0 Å². The quantitative estimate of drug-likeness (QED) is 0.798. The zero-order valence-corrected chi connectivity index (χ0v) is 9.42. The maximum Gasteiger partial charge on any atom is 0.129 e. The van der Waals surface area contributed by atoms with Gasteiger partial charge in [-0.25, -0.2) is 0 Å². The highest BCUT2D eigenvalue weighted by atomic mass is 16.3. The lowest BCUT2D eigenvalue weighted by Gasteiger charge is -2.18. The van der Waals surface area contributed by atoms with Crippen LogP contribution in [0.5, 0.6) is 0 Å². The first-order chi connectivity index (χ1) is 6.49. The zero-order chi connectivity index (χ0) is 10.6. The molecule has 0 bridgehead atoms. The van der Waals surface area contributed by atoms with Crippen LogP contribution in [0.15, 0.2) is 22.8 Å². The van der Waals surface area contributed by atoms with Crippen LogP contribution in [0.4, 0.5) is 0 Å². The topological polar surface area (TPSA) is 25.2 Å². The third-order valence-electron chi connectivity index (χ3n) is 1.92. The Morgan fingerprint density at radius 2 is 2.14 bits per heavy atom. The number of furan rings is 1. The fourth-order valence-electron chi connectivity index (χ4n) is 1.09. The van der Waals surface area contributed by atoms with Gasteiger partial charge in [-0.2, -0.15) is 0 Å². The molecule has 0 saturated carbocycles. The summed E-state index contributed by atoms with van der Waals surface area (Å²) in [4.78, 5) is 0. The van der Waals surface area contributed by atoms with E-state index in [4.69, 9.17) is 4.42 Å². The lowest BCUT2D eigenvalue weighted by molar-refractivity contribution is 0.449. The highest BCUT2D eigenvalue weighted by molar-refractivity contribution is 5.46. The number of aryl methyl sites for hydroxylation is 1. The third kappa shape index (κ3) is 3.79. The van der Waals surface area contributed by atoms with Crippen LogP contribution in [0.2, 0.25) is 0 Å². The van der Waals surface area contributed by atoms with Gasteiger partial charge in [0.1, 0.15) is 5.76 Å². The number of nitrogens with one attached hydrogen (secondary N) is 1. The summed E-state index contributed by atoms with van der Waals surface area (Å²) in [6.45, 7) is 9.36. The molecule has 0 amide bonds. The van der Waals surface area contributed by atoms with Crippen LogP contribution in [0.1, 0.15) is 32.1 Å². The number of hydrogen-bond donors (Lipinski definition) is 1. The fourth-order valence-corrected chi connectivity index (χ4v) is 1.09. The van der Waals surface area contributed by atoms with Gasteiger partial charge in [-0.05, 0) is 45.4 Å². The van der Waals surface area contributed by atoms with Gasteiger partial charge in [0.2, 0.25) is 0 Å². The number of hydrogen-bond acceptors (Lipinski definition) is 2. The van der Waals surface area contributed by atoms with Crippen molar-refractivity contribution in [3.8, 4) is 0 Å². The minimum atomic E-state index is 0.169. The van der Waals surface area contributed by atoms with E-state index < -0.39 is 0 Å². The summed E-state index contributed by atoms with van der Waals surface area (Å²) >= 11 is 0. The van der Waals surface area contributed by atoms with Gasteiger partial charge in [0.25, 0.3) is 0 Å². The Bertz CT molecular complexity index is 304. The summed E-state index contributed by atoms with van der Waals surface area (Å²) in [5, 5.41) is 3.38. The normalized spacial score (nSPS) is 12.6. The second-order valence-corrected chi connectivity index (χ2v) is 4.50. The van der Waals surface area contributed by atoms with E-state index in [1.165, 1.54) is 5.56 Å². The van der Waals surface area contributed by atoms with Crippen molar-refractivity contribution in [1.29, 1.82) is 0 Å². The molecule has 0 atom stereocenters. The Morgan fingerprint density at radius 1 is 1.43 bits per heavy atom. The van der Waals surface area contributed by atoms with Crippen LogP contribution >= 0.6 is 0 Å². The van der Waals surface area contributed by atoms with E-state index in [0.717, 1.165) is 12.3 Å². The van der Waals surface area contributed by atoms with E-state index >= 15 is 0 Å². The summed E-state index contributed by atoms with van der Waals surface area (Å²) in [5.41, 5.74) is 1.35. The third-order valence-corrected chi connectivity index (χ3v) is 1.92. The minimum absolute atomic E-state index is 0.169. The van der Waals surface area contributed by atoms with Crippen LogP contribution in [0, 0.1) is 6.92 Å². The molecule has 1 heterocycles. The van der Waals surface area contributed by atoms with E-state index in [1.54, 1.807) is 6.26 Å². The van der Waals surface area contributed by atoms with Crippen molar-refractivity contribution in [3.05, 3.63) is 29.7 Å². The molecule has 14 heavy (non-hydrogen) atoms. The van der Waals surface area contributed by atoms with Crippen LogP contribution in [-0.2, 0) is 0 Å². The Kier molecular flexibility index (Phi) is 3.53. The van der Waals surface area contributed by atoms with Crippen LogP contribution < -0.4 is 5.32 Å². The maximum absolute atomic E-state index is 5.28. The van der Waals surface area contributed by atoms with Crippen molar-refractivity contribution < 1.29 is 4.42 Å². The molecule has 2 nitrogen and oxygen atoms in total. The zero-order valence-electron chi connectivity index (χ0n) is 9.42. The van der Waals surface area contributed by atoms with Gasteiger partial charge in [-0.3, -0.25) is 0 Å². The van der Waals surface area contributed by atoms with E-state index in [1.807, 2.05) is 19.1 Å². The molecule has 0 fully saturated rings. The second kappa shape index (κ2) is 4.47. The first-order valence-electron chi connectivity index (χ1n) is 4.95. The molecule has 0 aromatic carbocycles. The van der Waals surface area contributed by atoms with Gasteiger partial charge in [0.15, 0.2) is 0 Å². The van der Waals surface area contributed by atoms with Crippen molar-refractivity contribution in [3.63, 3.8) is 0 Å².